The van der Waals surface area contributed by atoms with Gasteiger partial charge in [0.1, 0.15) is 0 Å². The maximum absolute atomic E-state index is 5.46. The standard InChI is InChI=1S/C13H16BN4O/c1-9-15-11-6-10(7-12(17-14)13(11)16-9)8-18-2-4-19-5-3-18/h6-7H,2-5,8H2,1H3,(H,15,16). The Hall–Kier alpha value is -1.53. The number of H-pyrrole nitrogens is 1. The van der Waals surface area contributed by atoms with E-state index in [0.29, 0.717) is 0 Å². The third-order valence-electron chi connectivity index (χ3n) is 3.39. The number of morpholine rings is 1. The summed E-state index contributed by atoms with van der Waals surface area (Å²) in [4.78, 5) is 13.9. The van der Waals surface area contributed by atoms with Crippen LogP contribution in [0.2, 0.25) is 0 Å². The van der Waals surface area contributed by atoms with Crippen LogP contribution in [0.5, 0.6) is 0 Å². The van der Waals surface area contributed by atoms with E-state index >= 15 is 0 Å². The summed E-state index contributed by atoms with van der Waals surface area (Å²) in [5, 5.41) is 0. The number of nitrogens with zero attached hydrogens (tertiary/aromatic N) is 3. The van der Waals surface area contributed by atoms with Crippen LogP contribution in [-0.4, -0.2) is 48.8 Å². The first-order valence-corrected chi connectivity index (χ1v) is 6.46. The van der Waals surface area contributed by atoms with Crippen molar-refractivity contribution in [2.45, 2.75) is 13.5 Å². The summed E-state index contributed by atoms with van der Waals surface area (Å²) in [6.07, 6.45) is 0. The van der Waals surface area contributed by atoms with Gasteiger partial charge in [-0.15, -0.1) is 0 Å². The van der Waals surface area contributed by atoms with Gasteiger partial charge in [-0.3, -0.25) is 0 Å². The molecule has 1 aromatic heterocycles. The van der Waals surface area contributed by atoms with Crippen molar-refractivity contribution >= 4 is 24.4 Å². The summed E-state index contributed by atoms with van der Waals surface area (Å²) in [5.74, 6) is 0.878. The van der Waals surface area contributed by atoms with Gasteiger partial charge in [-0.2, -0.15) is 0 Å². The fourth-order valence-corrected chi connectivity index (χ4v) is 2.49. The monoisotopic (exact) mass is 255 g/mol. The summed E-state index contributed by atoms with van der Waals surface area (Å²) in [7, 11) is 5.46. The summed E-state index contributed by atoms with van der Waals surface area (Å²) < 4.78 is 5.36. The molecule has 0 unspecified atom stereocenters. The van der Waals surface area contributed by atoms with Crippen molar-refractivity contribution in [3.05, 3.63) is 23.5 Å². The summed E-state index contributed by atoms with van der Waals surface area (Å²) in [6, 6.07) is 4.14. The zero-order valence-electron chi connectivity index (χ0n) is 11.0. The number of aromatic nitrogens is 2. The number of ether oxygens (including phenoxy) is 1. The van der Waals surface area contributed by atoms with Gasteiger partial charge in [0.25, 0.3) is 0 Å². The fourth-order valence-electron chi connectivity index (χ4n) is 2.49. The molecule has 1 aliphatic rings. The molecule has 0 atom stereocenters. The molecule has 0 amide bonds. The predicted octanol–water partition coefficient (Wildman–Crippen LogP) is 1.69. The molecule has 19 heavy (non-hydrogen) atoms. The number of aromatic amines is 1. The second kappa shape index (κ2) is 5.23. The quantitative estimate of drug-likeness (QED) is 0.849. The van der Waals surface area contributed by atoms with Gasteiger partial charge in [-0.25, -0.2) is 0 Å². The van der Waals surface area contributed by atoms with Gasteiger partial charge in [0.15, 0.2) is 0 Å². The number of imidazole rings is 1. The zero-order valence-corrected chi connectivity index (χ0v) is 11.0. The van der Waals surface area contributed by atoms with Crippen molar-refractivity contribution in [1.82, 2.24) is 14.9 Å². The molecule has 0 aliphatic carbocycles. The van der Waals surface area contributed by atoms with Gasteiger partial charge in [0.05, 0.1) is 0 Å². The summed E-state index contributed by atoms with van der Waals surface area (Å²) in [5.41, 5.74) is 3.77. The molecule has 0 saturated carbocycles. The van der Waals surface area contributed by atoms with E-state index in [1.54, 1.807) is 0 Å². The van der Waals surface area contributed by atoms with Crippen LogP contribution in [0, 0.1) is 6.92 Å². The van der Waals surface area contributed by atoms with Gasteiger partial charge in [-0.1, -0.05) is 0 Å². The molecule has 1 fully saturated rings. The second-order valence-electron chi connectivity index (χ2n) is 4.85. The first kappa shape index (κ1) is 12.5. The van der Waals surface area contributed by atoms with Crippen LogP contribution in [0.15, 0.2) is 17.0 Å². The summed E-state index contributed by atoms with van der Waals surface area (Å²) >= 11 is 0. The number of aryl methyl sites for hydroxylation is 1. The summed E-state index contributed by atoms with van der Waals surface area (Å²) in [6.45, 7) is 6.37. The Morgan fingerprint density at radius 3 is 2.95 bits per heavy atom. The topological polar surface area (TPSA) is 53.5 Å². The van der Waals surface area contributed by atoms with Crippen LogP contribution in [0.4, 0.5) is 5.69 Å². The SMILES string of the molecule is [B]=Nc1cc(CN2CCOCC2)cc2[nH]c(C)nc12. The number of hydrogen-bond acceptors (Lipinski definition) is 4. The molecule has 1 N–H and O–H groups in total. The molecule has 6 heteroatoms. The Balaban J connectivity index is 1.92. The molecule has 0 bridgehead atoms. The number of nitrogens with one attached hydrogen (secondary N) is 1. The average Bonchev–Trinajstić information content (AvgIpc) is 2.79. The van der Waals surface area contributed by atoms with E-state index in [1.165, 1.54) is 5.56 Å². The van der Waals surface area contributed by atoms with Gasteiger partial charge >= 0.3 is 112 Å². The third-order valence-corrected chi connectivity index (χ3v) is 3.39. The number of hydrogen-bond donors (Lipinski definition) is 1. The molecule has 2 heterocycles. The van der Waals surface area contributed by atoms with Crippen molar-refractivity contribution in [3.8, 4) is 0 Å². The molecule has 1 aliphatic heterocycles. The molecule has 3 rings (SSSR count). The predicted molar refractivity (Wildman–Crippen MR) is 74.8 cm³/mol. The minimum atomic E-state index is 0.741. The molecule has 1 aromatic carbocycles. The van der Waals surface area contributed by atoms with E-state index in [4.69, 9.17) is 12.4 Å². The van der Waals surface area contributed by atoms with Crippen molar-refractivity contribution in [2.24, 2.45) is 4.90 Å². The molecule has 5 nitrogen and oxygen atoms in total. The van der Waals surface area contributed by atoms with Crippen LogP contribution >= 0.6 is 0 Å². The number of benzene rings is 1. The van der Waals surface area contributed by atoms with E-state index in [2.05, 4.69) is 25.8 Å². The third kappa shape index (κ3) is 2.59. The van der Waals surface area contributed by atoms with Gasteiger partial charge in [-0.05, 0) is 0 Å². The Bertz CT molecular complexity index is 604. The van der Waals surface area contributed by atoms with E-state index in [1.807, 2.05) is 13.0 Å². The van der Waals surface area contributed by atoms with Crippen LogP contribution in [0.1, 0.15) is 11.4 Å². The maximum atomic E-state index is 5.46. The molecular formula is C13H16BN4O. The Labute approximate surface area is 113 Å². The van der Waals surface area contributed by atoms with Crippen LogP contribution in [0.25, 0.3) is 11.0 Å². The van der Waals surface area contributed by atoms with Crippen LogP contribution in [0.3, 0.4) is 0 Å². The van der Waals surface area contributed by atoms with Gasteiger partial charge < -0.3 is 0 Å². The molecule has 1 radical (unpaired) electrons. The first-order valence-electron chi connectivity index (χ1n) is 6.46. The normalized spacial score (nSPS) is 16.8. The Morgan fingerprint density at radius 2 is 2.21 bits per heavy atom. The van der Waals surface area contributed by atoms with Gasteiger partial charge in [0.2, 0.25) is 0 Å². The Morgan fingerprint density at radius 1 is 1.42 bits per heavy atom. The van der Waals surface area contributed by atoms with Gasteiger partial charge in [0, 0.05) is 0 Å². The number of fused-ring (bicyclic) bond motifs is 1. The molecule has 2 aromatic rings. The number of rotatable bonds is 3. The van der Waals surface area contributed by atoms with Crippen molar-refractivity contribution in [3.63, 3.8) is 0 Å². The molecule has 97 valence electrons. The second-order valence-corrected chi connectivity index (χ2v) is 4.85. The van der Waals surface area contributed by atoms with Crippen molar-refractivity contribution in [1.29, 1.82) is 0 Å². The van der Waals surface area contributed by atoms with E-state index in [0.717, 1.165) is 55.4 Å². The van der Waals surface area contributed by atoms with Crippen molar-refractivity contribution in [2.75, 3.05) is 26.3 Å². The van der Waals surface area contributed by atoms with Crippen LogP contribution < -0.4 is 0 Å². The Kier molecular flexibility index (Phi) is 3.44. The zero-order chi connectivity index (χ0) is 13.2. The molecule has 0 spiro atoms. The fraction of sp³-hybridized carbons (Fsp3) is 0.462. The van der Waals surface area contributed by atoms with Crippen molar-refractivity contribution < 1.29 is 4.74 Å². The van der Waals surface area contributed by atoms with Crippen LogP contribution in [-0.2, 0) is 11.3 Å². The minimum absolute atomic E-state index is 0.741. The van der Waals surface area contributed by atoms with E-state index < -0.39 is 0 Å². The molecule has 1 saturated heterocycles. The average molecular weight is 255 g/mol. The van der Waals surface area contributed by atoms with E-state index in [-0.39, 0.29) is 0 Å². The van der Waals surface area contributed by atoms with E-state index in [9.17, 15) is 0 Å². The first-order chi connectivity index (χ1) is 9.26. The molecular weight excluding hydrogens is 239 g/mol.